The first-order valence-corrected chi connectivity index (χ1v) is 7.08. The van der Waals surface area contributed by atoms with E-state index < -0.39 is 0 Å². The van der Waals surface area contributed by atoms with Crippen LogP contribution in [-0.4, -0.2) is 16.5 Å². The van der Waals surface area contributed by atoms with Gasteiger partial charge in [-0.2, -0.15) is 4.98 Å². The summed E-state index contributed by atoms with van der Waals surface area (Å²) in [6.45, 7) is 6.96. The van der Waals surface area contributed by atoms with Crippen LogP contribution >= 0.6 is 11.6 Å². The van der Waals surface area contributed by atoms with Crippen LogP contribution < -0.4 is 10.6 Å². The maximum Gasteiger partial charge on any atom is 0.224 e. The van der Waals surface area contributed by atoms with E-state index in [1.54, 1.807) is 6.20 Å². The molecule has 0 bridgehead atoms. The van der Waals surface area contributed by atoms with E-state index in [9.17, 15) is 0 Å². The molecule has 0 radical (unpaired) electrons. The summed E-state index contributed by atoms with van der Waals surface area (Å²) in [5, 5.41) is 6.94. The van der Waals surface area contributed by atoms with E-state index in [-0.39, 0.29) is 6.04 Å². The molecule has 2 N–H and O–H groups in total. The smallest absolute Gasteiger partial charge is 0.224 e. The van der Waals surface area contributed by atoms with Crippen LogP contribution in [0.25, 0.3) is 0 Å². The number of aryl methyl sites for hydroxylation is 1. The summed E-state index contributed by atoms with van der Waals surface area (Å²) in [6, 6.07) is 8.39. The first kappa shape index (κ1) is 14.6. The van der Waals surface area contributed by atoms with E-state index in [2.05, 4.69) is 46.6 Å². The zero-order valence-corrected chi connectivity index (χ0v) is 12.7. The summed E-state index contributed by atoms with van der Waals surface area (Å²) in [5.41, 5.74) is 2.47. The molecule has 1 aromatic heterocycles. The van der Waals surface area contributed by atoms with Crippen molar-refractivity contribution in [3.8, 4) is 0 Å². The van der Waals surface area contributed by atoms with Crippen molar-refractivity contribution < 1.29 is 0 Å². The quantitative estimate of drug-likeness (QED) is 0.872. The van der Waals surface area contributed by atoms with Crippen LogP contribution in [0.5, 0.6) is 0 Å². The van der Waals surface area contributed by atoms with Crippen molar-refractivity contribution in [1.82, 2.24) is 9.97 Å². The molecule has 1 aromatic carbocycles. The first-order chi connectivity index (χ1) is 9.61. The molecule has 106 valence electrons. The fourth-order valence-corrected chi connectivity index (χ4v) is 2.21. The Morgan fingerprint density at radius 1 is 1.30 bits per heavy atom. The number of benzene rings is 1. The summed E-state index contributed by atoms with van der Waals surface area (Å²) in [4.78, 5) is 8.52. The van der Waals surface area contributed by atoms with Gasteiger partial charge in [-0.05, 0) is 31.9 Å². The summed E-state index contributed by atoms with van der Waals surface area (Å²) in [7, 11) is 0. The molecule has 2 rings (SSSR count). The Morgan fingerprint density at radius 3 is 2.75 bits per heavy atom. The van der Waals surface area contributed by atoms with Gasteiger partial charge in [-0.3, -0.25) is 0 Å². The van der Waals surface area contributed by atoms with E-state index in [4.69, 9.17) is 11.6 Å². The number of halogens is 1. The van der Waals surface area contributed by atoms with Crippen molar-refractivity contribution in [3.05, 3.63) is 46.6 Å². The molecule has 1 heterocycles. The van der Waals surface area contributed by atoms with Crippen LogP contribution in [0.2, 0.25) is 5.02 Å². The van der Waals surface area contributed by atoms with Gasteiger partial charge in [-0.25, -0.2) is 4.98 Å². The lowest BCUT2D eigenvalue weighted by Gasteiger charge is -2.18. The van der Waals surface area contributed by atoms with Crippen LogP contribution in [0.15, 0.2) is 30.5 Å². The number of anilines is 2. The molecule has 0 saturated heterocycles. The van der Waals surface area contributed by atoms with Gasteiger partial charge >= 0.3 is 0 Å². The highest BCUT2D eigenvalue weighted by atomic mass is 35.5. The van der Waals surface area contributed by atoms with Gasteiger partial charge in [0.1, 0.15) is 5.02 Å². The van der Waals surface area contributed by atoms with Crippen LogP contribution in [-0.2, 0) is 0 Å². The number of rotatable bonds is 5. The Morgan fingerprint density at radius 2 is 2.05 bits per heavy atom. The highest BCUT2D eigenvalue weighted by Gasteiger charge is 2.11. The van der Waals surface area contributed by atoms with Gasteiger partial charge in [0.15, 0.2) is 5.82 Å². The summed E-state index contributed by atoms with van der Waals surface area (Å²) in [5.74, 6) is 1.23. The van der Waals surface area contributed by atoms with Crippen molar-refractivity contribution in [2.45, 2.75) is 26.8 Å². The zero-order chi connectivity index (χ0) is 14.5. The Balaban J connectivity index is 2.21. The maximum absolute atomic E-state index is 6.15. The average molecular weight is 291 g/mol. The average Bonchev–Trinajstić information content (AvgIpc) is 2.43. The lowest BCUT2D eigenvalue weighted by atomic mass is 10.0. The third-order valence-corrected chi connectivity index (χ3v) is 3.36. The molecule has 0 aliphatic carbocycles. The van der Waals surface area contributed by atoms with Crippen molar-refractivity contribution in [2.75, 3.05) is 17.2 Å². The lowest BCUT2D eigenvalue weighted by molar-refractivity contribution is 0.862. The highest BCUT2D eigenvalue weighted by Crippen LogP contribution is 2.26. The molecular formula is C15H19ClN4. The van der Waals surface area contributed by atoms with E-state index in [0.717, 1.165) is 6.54 Å². The first-order valence-electron chi connectivity index (χ1n) is 6.70. The molecule has 5 heteroatoms. The molecule has 0 fully saturated rings. The van der Waals surface area contributed by atoms with E-state index in [1.807, 2.05) is 19.1 Å². The zero-order valence-electron chi connectivity index (χ0n) is 11.9. The molecule has 0 aliphatic rings. The van der Waals surface area contributed by atoms with Gasteiger partial charge in [-0.1, -0.05) is 35.9 Å². The van der Waals surface area contributed by atoms with Gasteiger partial charge in [0, 0.05) is 6.54 Å². The lowest BCUT2D eigenvalue weighted by Crippen LogP contribution is -2.11. The number of aromatic nitrogens is 2. The minimum atomic E-state index is 0.123. The molecule has 0 saturated carbocycles. The van der Waals surface area contributed by atoms with Gasteiger partial charge in [-0.15, -0.1) is 0 Å². The minimum Gasteiger partial charge on any atom is -0.362 e. The minimum absolute atomic E-state index is 0.123. The summed E-state index contributed by atoms with van der Waals surface area (Å²) < 4.78 is 0. The van der Waals surface area contributed by atoms with Crippen LogP contribution in [0, 0.1) is 6.92 Å². The topological polar surface area (TPSA) is 49.8 Å². The summed E-state index contributed by atoms with van der Waals surface area (Å²) in [6.07, 6.45) is 1.61. The second-order valence-corrected chi connectivity index (χ2v) is 5.05. The van der Waals surface area contributed by atoms with Gasteiger partial charge in [0.05, 0.1) is 12.2 Å². The number of hydrogen-bond acceptors (Lipinski definition) is 4. The Hall–Kier alpha value is -1.81. The Bertz CT molecular complexity index is 586. The molecule has 0 amide bonds. The molecule has 1 atom stereocenters. The van der Waals surface area contributed by atoms with Gasteiger partial charge in [0.2, 0.25) is 5.95 Å². The normalized spacial score (nSPS) is 12.0. The fourth-order valence-electron chi connectivity index (χ4n) is 2.07. The van der Waals surface area contributed by atoms with E-state index in [0.29, 0.717) is 16.8 Å². The number of hydrogen-bond donors (Lipinski definition) is 2. The summed E-state index contributed by atoms with van der Waals surface area (Å²) >= 11 is 6.15. The second-order valence-electron chi connectivity index (χ2n) is 4.64. The highest BCUT2D eigenvalue weighted by molar-refractivity contribution is 6.32. The third-order valence-electron chi connectivity index (χ3n) is 3.09. The molecule has 0 aliphatic heterocycles. The van der Waals surface area contributed by atoms with E-state index >= 15 is 0 Å². The molecule has 20 heavy (non-hydrogen) atoms. The largest absolute Gasteiger partial charge is 0.362 e. The van der Waals surface area contributed by atoms with Gasteiger partial charge in [0.25, 0.3) is 0 Å². The van der Waals surface area contributed by atoms with Crippen LogP contribution in [0.4, 0.5) is 11.8 Å². The maximum atomic E-state index is 6.15. The molecule has 4 nitrogen and oxygen atoms in total. The molecule has 1 unspecified atom stereocenters. The third kappa shape index (κ3) is 3.39. The molecular weight excluding hydrogens is 272 g/mol. The fraction of sp³-hybridized carbons (Fsp3) is 0.333. The molecule has 0 spiro atoms. The second kappa shape index (κ2) is 6.57. The predicted molar refractivity (Wildman–Crippen MR) is 84.4 cm³/mol. The van der Waals surface area contributed by atoms with Gasteiger partial charge < -0.3 is 10.6 Å². The van der Waals surface area contributed by atoms with Crippen molar-refractivity contribution >= 4 is 23.4 Å². The predicted octanol–water partition coefficient (Wildman–Crippen LogP) is 4.04. The van der Waals surface area contributed by atoms with Crippen LogP contribution in [0.3, 0.4) is 0 Å². The molecule has 2 aromatic rings. The van der Waals surface area contributed by atoms with Crippen molar-refractivity contribution in [3.63, 3.8) is 0 Å². The Labute approximate surface area is 124 Å². The van der Waals surface area contributed by atoms with Crippen molar-refractivity contribution in [2.24, 2.45) is 0 Å². The number of nitrogens with zero attached hydrogens (tertiary/aromatic N) is 2. The number of nitrogens with one attached hydrogen (secondary N) is 2. The van der Waals surface area contributed by atoms with Crippen LogP contribution in [0.1, 0.15) is 31.0 Å². The SMILES string of the molecule is CCNc1ncc(Cl)c(NC(C)c2ccccc2C)n1. The monoisotopic (exact) mass is 290 g/mol. The Kier molecular flexibility index (Phi) is 4.79. The van der Waals surface area contributed by atoms with E-state index in [1.165, 1.54) is 11.1 Å². The standard InChI is InChI=1S/C15H19ClN4/c1-4-17-15-18-9-13(16)14(20-15)19-11(3)12-8-6-5-7-10(12)2/h5-9,11H,4H2,1-3H3,(H2,17,18,19,20). The van der Waals surface area contributed by atoms with Crippen molar-refractivity contribution in [1.29, 1.82) is 0 Å².